The van der Waals surface area contributed by atoms with Crippen molar-refractivity contribution in [2.75, 3.05) is 0 Å². The molecule has 4 nitrogen and oxygen atoms in total. The average Bonchev–Trinajstić information content (AvgIpc) is 2.99. The van der Waals surface area contributed by atoms with Crippen molar-refractivity contribution in [3.05, 3.63) is 44.9 Å². The van der Waals surface area contributed by atoms with E-state index in [0.717, 1.165) is 35.4 Å². The molecule has 5 heteroatoms. The Labute approximate surface area is 140 Å². The van der Waals surface area contributed by atoms with E-state index in [1.807, 2.05) is 37.6 Å². The van der Waals surface area contributed by atoms with Gasteiger partial charge in [-0.25, -0.2) is 4.79 Å². The van der Waals surface area contributed by atoms with Crippen molar-refractivity contribution < 1.29 is 14.3 Å². The molecule has 3 rings (SSSR count). The smallest absolute Gasteiger partial charge is 0.337 e. The molecule has 0 spiro atoms. The number of rotatable bonds is 3. The van der Waals surface area contributed by atoms with E-state index in [1.165, 1.54) is 0 Å². The SMILES string of the molecule is CC1=C(C(=O)OC(C)C)[C@H](c2ccsc2)C2=C(CCCC2=O)N1. The number of dihydropyridines is 1. The molecule has 2 aliphatic rings. The lowest BCUT2D eigenvalue weighted by Gasteiger charge is -2.33. The fraction of sp³-hybridized carbons (Fsp3) is 0.444. The zero-order chi connectivity index (χ0) is 16.6. The van der Waals surface area contributed by atoms with Gasteiger partial charge in [-0.15, -0.1) is 0 Å². The van der Waals surface area contributed by atoms with Gasteiger partial charge in [-0.3, -0.25) is 4.79 Å². The Morgan fingerprint density at radius 3 is 2.83 bits per heavy atom. The molecule has 1 aromatic heterocycles. The molecular formula is C18H21NO3S. The first kappa shape index (κ1) is 16.0. The molecule has 1 atom stereocenters. The van der Waals surface area contributed by atoms with Crippen LogP contribution in [0.1, 0.15) is 51.5 Å². The van der Waals surface area contributed by atoms with Gasteiger partial charge < -0.3 is 10.1 Å². The van der Waals surface area contributed by atoms with Gasteiger partial charge in [0.15, 0.2) is 5.78 Å². The average molecular weight is 331 g/mol. The van der Waals surface area contributed by atoms with Gasteiger partial charge in [0, 0.05) is 29.3 Å². The van der Waals surface area contributed by atoms with E-state index in [0.29, 0.717) is 12.0 Å². The molecular weight excluding hydrogens is 310 g/mol. The lowest BCUT2D eigenvalue weighted by Crippen LogP contribution is -2.34. The Morgan fingerprint density at radius 1 is 1.39 bits per heavy atom. The van der Waals surface area contributed by atoms with Gasteiger partial charge >= 0.3 is 5.97 Å². The summed E-state index contributed by atoms with van der Waals surface area (Å²) in [4.78, 5) is 25.2. The molecule has 122 valence electrons. The number of carbonyl (C=O) groups is 2. The van der Waals surface area contributed by atoms with Crippen LogP contribution in [0.25, 0.3) is 0 Å². The molecule has 0 bridgehead atoms. The van der Waals surface area contributed by atoms with Crippen LogP contribution < -0.4 is 5.32 Å². The summed E-state index contributed by atoms with van der Waals surface area (Å²) < 4.78 is 5.44. The molecule has 1 aromatic rings. The molecule has 1 aliphatic heterocycles. The minimum atomic E-state index is -0.342. The van der Waals surface area contributed by atoms with Crippen LogP contribution in [0, 0.1) is 0 Å². The number of nitrogens with one attached hydrogen (secondary N) is 1. The molecule has 23 heavy (non-hydrogen) atoms. The fourth-order valence-electron chi connectivity index (χ4n) is 3.30. The number of ketones is 1. The summed E-state index contributed by atoms with van der Waals surface area (Å²) in [6.45, 7) is 5.55. The molecule has 1 aliphatic carbocycles. The highest BCUT2D eigenvalue weighted by Crippen LogP contribution is 2.43. The fourth-order valence-corrected chi connectivity index (χ4v) is 3.99. The molecule has 0 amide bonds. The normalized spacial score (nSPS) is 21.4. The highest BCUT2D eigenvalue weighted by Gasteiger charge is 2.39. The first-order valence-electron chi connectivity index (χ1n) is 7.96. The van der Waals surface area contributed by atoms with E-state index in [2.05, 4.69) is 5.32 Å². The van der Waals surface area contributed by atoms with Crippen LogP contribution in [-0.4, -0.2) is 17.9 Å². The van der Waals surface area contributed by atoms with Crippen molar-refractivity contribution >= 4 is 23.1 Å². The number of carbonyl (C=O) groups excluding carboxylic acids is 2. The number of esters is 1. The van der Waals surface area contributed by atoms with Crippen molar-refractivity contribution in [1.82, 2.24) is 5.32 Å². The Morgan fingerprint density at radius 2 is 2.17 bits per heavy atom. The van der Waals surface area contributed by atoms with Crippen molar-refractivity contribution in [1.29, 1.82) is 0 Å². The molecule has 2 heterocycles. The molecule has 0 radical (unpaired) electrons. The first-order valence-corrected chi connectivity index (χ1v) is 8.90. The topological polar surface area (TPSA) is 55.4 Å². The van der Waals surface area contributed by atoms with Crippen LogP contribution >= 0.6 is 11.3 Å². The van der Waals surface area contributed by atoms with E-state index in [-0.39, 0.29) is 23.8 Å². The van der Waals surface area contributed by atoms with E-state index >= 15 is 0 Å². The number of allylic oxidation sites excluding steroid dienone is 3. The van der Waals surface area contributed by atoms with E-state index < -0.39 is 0 Å². The second-order valence-corrected chi connectivity index (χ2v) is 7.06. The van der Waals surface area contributed by atoms with Crippen LogP contribution in [0.15, 0.2) is 39.4 Å². The summed E-state index contributed by atoms with van der Waals surface area (Å²) in [5, 5.41) is 7.28. The van der Waals surface area contributed by atoms with Crippen molar-refractivity contribution in [3.8, 4) is 0 Å². The minimum Gasteiger partial charge on any atom is -0.460 e. The van der Waals surface area contributed by atoms with Gasteiger partial charge in [-0.05, 0) is 56.0 Å². The number of hydrogen-bond acceptors (Lipinski definition) is 5. The molecule has 0 saturated carbocycles. The zero-order valence-corrected chi connectivity index (χ0v) is 14.5. The molecule has 0 saturated heterocycles. The molecule has 0 aromatic carbocycles. The second kappa shape index (κ2) is 6.32. The monoisotopic (exact) mass is 331 g/mol. The quantitative estimate of drug-likeness (QED) is 0.859. The summed E-state index contributed by atoms with van der Waals surface area (Å²) >= 11 is 1.57. The second-order valence-electron chi connectivity index (χ2n) is 6.28. The molecule has 0 unspecified atom stereocenters. The van der Waals surface area contributed by atoms with E-state index in [9.17, 15) is 9.59 Å². The molecule has 0 fully saturated rings. The number of hydrogen-bond donors (Lipinski definition) is 1. The van der Waals surface area contributed by atoms with Crippen LogP contribution in [0.3, 0.4) is 0 Å². The highest BCUT2D eigenvalue weighted by atomic mass is 32.1. The lowest BCUT2D eigenvalue weighted by molar-refractivity contribution is -0.143. The number of Topliss-reactive ketones (excluding diaryl/α,β-unsaturated/α-hetero) is 1. The van der Waals surface area contributed by atoms with E-state index in [4.69, 9.17) is 4.74 Å². The molecule has 1 N–H and O–H groups in total. The zero-order valence-electron chi connectivity index (χ0n) is 13.6. The summed E-state index contributed by atoms with van der Waals surface area (Å²) in [6, 6.07) is 1.99. The van der Waals surface area contributed by atoms with Crippen LogP contribution in [0.5, 0.6) is 0 Å². The number of ether oxygens (including phenoxy) is 1. The van der Waals surface area contributed by atoms with Gasteiger partial charge in [0.25, 0.3) is 0 Å². The maximum Gasteiger partial charge on any atom is 0.337 e. The van der Waals surface area contributed by atoms with E-state index in [1.54, 1.807) is 11.3 Å². The van der Waals surface area contributed by atoms with Gasteiger partial charge in [0.2, 0.25) is 0 Å². The predicted molar refractivity (Wildman–Crippen MR) is 90.0 cm³/mol. The van der Waals surface area contributed by atoms with Crippen molar-refractivity contribution in [2.24, 2.45) is 0 Å². The maximum absolute atomic E-state index is 12.7. The van der Waals surface area contributed by atoms with Gasteiger partial charge in [-0.1, -0.05) is 0 Å². The van der Waals surface area contributed by atoms with Crippen LogP contribution in [-0.2, 0) is 14.3 Å². The Kier molecular flexibility index (Phi) is 4.39. The van der Waals surface area contributed by atoms with Gasteiger partial charge in [0.05, 0.1) is 11.7 Å². The summed E-state index contributed by atoms with van der Waals surface area (Å²) in [5.74, 6) is -0.514. The predicted octanol–water partition coefficient (Wildman–Crippen LogP) is 3.67. The largest absolute Gasteiger partial charge is 0.460 e. The third-order valence-electron chi connectivity index (χ3n) is 4.22. The lowest BCUT2D eigenvalue weighted by atomic mass is 9.76. The Hall–Kier alpha value is -1.88. The highest BCUT2D eigenvalue weighted by molar-refractivity contribution is 7.08. The van der Waals surface area contributed by atoms with Gasteiger partial charge in [-0.2, -0.15) is 11.3 Å². The summed E-state index contributed by atoms with van der Waals surface area (Å²) in [7, 11) is 0. The standard InChI is InChI=1S/C18H21NO3S/c1-10(2)22-18(21)15-11(3)19-13-5-4-6-14(20)17(13)16(15)12-7-8-23-9-12/h7-10,16,19H,4-6H2,1-3H3/t16-/m0/s1. The Balaban J connectivity index is 2.10. The summed E-state index contributed by atoms with van der Waals surface area (Å²) in [5.41, 5.74) is 4.06. The Bertz CT molecular complexity index is 698. The third-order valence-corrected chi connectivity index (χ3v) is 4.92. The first-order chi connectivity index (χ1) is 11.0. The van der Waals surface area contributed by atoms with Gasteiger partial charge in [0.1, 0.15) is 0 Å². The minimum absolute atomic E-state index is 0.136. The van der Waals surface area contributed by atoms with Crippen molar-refractivity contribution in [3.63, 3.8) is 0 Å². The number of thiophene rings is 1. The third kappa shape index (κ3) is 2.98. The maximum atomic E-state index is 12.7. The van der Waals surface area contributed by atoms with Crippen LogP contribution in [0.4, 0.5) is 0 Å². The van der Waals surface area contributed by atoms with Crippen molar-refractivity contribution in [2.45, 2.75) is 52.1 Å². The van der Waals surface area contributed by atoms with Crippen LogP contribution in [0.2, 0.25) is 0 Å². The summed E-state index contributed by atoms with van der Waals surface area (Å²) in [6.07, 6.45) is 2.07.